The topological polar surface area (TPSA) is 86.9 Å². The maximum atomic E-state index is 14.1. The van der Waals surface area contributed by atoms with E-state index in [1.807, 2.05) is 0 Å². The molecule has 3 aromatic rings. The Bertz CT molecular complexity index is 999. The smallest absolute Gasteiger partial charge is 0.255 e. The number of aromatic amines is 1. The van der Waals surface area contributed by atoms with Crippen molar-refractivity contribution in [3.05, 3.63) is 65.6 Å². The second-order valence-corrected chi connectivity index (χ2v) is 5.49. The van der Waals surface area contributed by atoms with Crippen LogP contribution in [0.15, 0.2) is 49.1 Å². The van der Waals surface area contributed by atoms with Crippen LogP contribution in [0.2, 0.25) is 5.15 Å². The van der Waals surface area contributed by atoms with Gasteiger partial charge in [0.15, 0.2) is 0 Å². The minimum atomic E-state index is -0.639. The molecule has 0 bridgehead atoms. The number of carbonyl (C=O) groups excluding carboxylic acids is 2. The first-order chi connectivity index (χ1) is 12.0. The Morgan fingerprint density at radius 1 is 1.24 bits per heavy atom. The average Bonchev–Trinajstić information content (AvgIpc) is 2.95. The molecule has 3 N–H and O–H groups in total. The number of anilines is 2. The van der Waals surface area contributed by atoms with E-state index >= 15 is 0 Å². The summed E-state index contributed by atoms with van der Waals surface area (Å²) in [4.78, 5) is 23.7. The highest BCUT2D eigenvalue weighted by Crippen LogP contribution is 2.27. The molecule has 0 aliphatic carbocycles. The molecular formula is C17H12ClFN4O2. The molecule has 0 radical (unpaired) electrons. The Morgan fingerprint density at radius 3 is 2.80 bits per heavy atom. The first-order valence-electron chi connectivity index (χ1n) is 7.16. The highest BCUT2D eigenvalue weighted by Gasteiger charge is 2.14. The van der Waals surface area contributed by atoms with Gasteiger partial charge in [-0.1, -0.05) is 24.2 Å². The molecule has 8 heteroatoms. The first kappa shape index (κ1) is 16.7. The van der Waals surface area contributed by atoms with Crippen molar-refractivity contribution in [2.75, 3.05) is 10.6 Å². The SMILES string of the molecule is C=CC(=O)Nc1cccc(C(=O)Nc2cc3c(Cl)[nH]nc3cc2F)c1. The van der Waals surface area contributed by atoms with Crippen molar-refractivity contribution in [1.82, 2.24) is 10.2 Å². The second-order valence-electron chi connectivity index (χ2n) is 5.12. The van der Waals surface area contributed by atoms with Crippen LogP contribution < -0.4 is 10.6 Å². The van der Waals surface area contributed by atoms with Crippen molar-refractivity contribution in [1.29, 1.82) is 0 Å². The van der Waals surface area contributed by atoms with Crippen LogP contribution in [0.1, 0.15) is 10.4 Å². The third kappa shape index (κ3) is 3.51. The number of halogens is 2. The number of carbonyl (C=O) groups is 2. The summed E-state index contributed by atoms with van der Waals surface area (Å²) in [5.74, 6) is -1.57. The monoisotopic (exact) mass is 358 g/mol. The largest absolute Gasteiger partial charge is 0.323 e. The fraction of sp³-hybridized carbons (Fsp3) is 0. The zero-order valence-electron chi connectivity index (χ0n) is 12.8. The summed E-state index contributed by atoms with van der Waals surface area (Å²) in [6, 6.07) is 8.81. The molecule has 2 aromatic carbocycles. The van der Waals surface area contributed by atoms with Gasteiger partial charge in [-0.3, -0.25) is 14.7 Å². The first-order valence-corrected chi connectivity index (χ1v) is 7.53. The van der Waals surface area contributed by atoms with Gasteiger partial charge in [0, 0.05) is 22.7 Å². The zero-order chi connectivity index (χ0) is 18.0. The Hall–Kier alpha value is -3.19. The van der Waals surface area contributed by atoms with Crippen LogP contribution in [0.3, 0.4) is 0 Å². The van der Waals surface area contributed by atoms with Crippen molar-refractivity contribution in [2.24, 2.45) is 0 Å². The van der Waals surface area contributed by atoms with E-state index in [-0.39, 0.29) is 16.4 Å². The van der Waals surface area contributed by atoms with Gasteiger partial charge in [0.25, 0.3) is 5.91 Å². The maximum Gasteiger partial charge on any atom is 0.255 e. The van der Waals surface area contributed by atoms with Crippen LogP contribution in [0.5, 0.6) is 0 Å². The van der Waals surface area contributed by atoms with E-state index in [9.17, 15) is 14.0 Å². The molecule has 1 aromatic heterocycles. The number of rotatable bonds is 4. The summed E-state index contributed by atoms with van der Waals surface area (Å²) < 4.78 is 14.1. The highest BCUT2D eigenvalue weighted by molar-refractivity contribution is 6.34. The van der Waals surface area contributed by atoms with Crippen molar-refractivity contribution in [3.8, 4) is 0 Å². The third-order valence-electron chi connectivity index (χ3n) is 3.42. The summed E-state index contributed by atoms with van der Waals surface area (Å²) in [5.41, 5.74) is 1.00. The summed E-state index contributed by atoms with van der Waals surface area (Å²) in [7, 11) is 0. The Balaban J connectivity index is 1.86. The van der Waals surface area contributed by atoms with E-state index in [0.29, 0.717) is 16.6 Å². The van der Waals surface area contributed by atoms with Gasteiger partial charge < -0.3 is 10.6 Å². The molecule has 0 saturated heterocycles. The molecule has 2 amide bonds. The van der Waals surface area contributed by atoms with Gasteiger partial charge in [-0.2, -0.15) is 5.10 Å². The summed E-state index contributed by atoms with van der Waals surface area (Å²) in [5, 5.41) is 12.2. The molecule has 25 heavy (non-hydrogen) atoms. The minimum absolute atomic E-state index is 0.0265. The lowest BCUT2D eigenvalue weighted by molar-refractivity contribution is -0.111. The quantitative estimate of drug-likeness (QED) is 0.621. The lowest BCUT2D eigenvalue weighted by atomic mass is 10.1. The standard InChI is InChI=1S/C17H12ClFN4O2/c1-2-15(24)20-10-5-3-4-9(6-10)17(25)21-14-7-11-13(8-12(14)19)22-23-16(11)18/h2-8H,1H2,(H,20,24)(H,21,25)(H,22,23). The molecule has 0 fully saturated rings. The number of nitrogens with one attached hydrogen (secondary N) is 3. The number of H-pyrrole nitrogens is 1. The fourth-order valence-corrected chi connectivity index (χ4v) is 2.42. The van der Waals surface area contributed by atoms with Gasteiger partial charge in [0.05, 0.1) is 11.2 Å². The van der Waals surface area contributed by atoms with Gasteiger partial charge in [-0.05, 0) is 30.3 Å². The van der Waals surface area contributed by atoms with Crippen LogP contribution in [-0.4, -0.2) is 22.0 Å². The van der Waals surface area contributed by atoms with E-state index in [2.05, 4.69) is 27.4 Å². The molecule has 6 nitrogen and oxygen atoms in total. The zero-order valence-corrected chi connectivity index (χ0v) is 13.5. The summed E-state index contributed by atoms with van der Waals surface area (Å²) in [6.07, 6.45) is 1.12. The Morgan fingerprint density at radius 2 is 2.04 bits per heavy atom. The fourth-order valence-electron chi connectivity index (χ4n) is 2.22. The number of aromatic nitrogens is 2. The van der Waals surface area contributed by atoms with Crippen LogP contribution >= 0.6 is 11.6 Å². The Kier molecular flexibility index (Phi) is 4.49. The van der Waals surface area contributed by atoms with Crippen LogP contribution in [0.4, 0.5) is 15.8 Å². The lowest BCUT2D eigenvalue weighted by Gasteiger charge is -2.08. The van der Waals surface area contributed by atoms with Crippen molar-refractivity contribution < 1.29 is 14.0 Å². The van der Waals surface area contributed by atoms with Gasteiger partial charge >= 0.3 is 0 Å². The van der Waals surface area contributed by atoms with Crippen LogP contribution in [0, 0.1) is 5.82 Å². The molecule has 126 valence electrons. The van der Waals surface area contributed by atoms with E-state index < -0.39 is 17.6 Å². The third-order valence-corrected chi connectivity index (χ3v) is 3.71. The average molecular weight is 359 g/mol. The molecule has 0 aliphatic rings. The minimum Gasteiger partial charge on any atom is -0.323 e. The number of hydrogen-bond donors (Lipinski definition) is 3. The normalized spacial score (nSPS) is 10.5. The summed E-state index contributed by atoms with van der Waals surface area (Å²) >= 11 is 5.93. The number of fused-ring (bicyclic) bond motifs is 1. The molecule has 0 unspecified atom stereocenters. The number of nitrogens with zero attached hydrogens (tertiary/aromatic N) is 1. The molecule has 0 spiro atoms. The van der Waals surface area contributed by atoms with E-state index in [1.165, 1.54) is 18.2 Å². The Labute approximate surface area is 146 Å². The number of hydrogen-bond acceptors (Lipinski definition) is 3. The van der Waals surface area contributed by atoms with Gasteiger partial charge in [0.1, 0.15) is 11.0 Å². The molecule has 1 heterocycles. The van der Waals surface area contributed by atoms with Crippen LogP contribution in [0.25, 0.3) is 10.9 Å². The van der Waals surface area contributed by atoms with Gasteiger partial charge in [-0.25, -0.2) is 4.39 Å². The van der Waals surface area contributed by atoms with Gasteiger partial charge in [-0.15, -0.1) is 0 Å². The number of amides is 2. The lowest BCUT2D eigenvalue weighted by Crippen LogP contribution is -2.14. The van der Waals surface area contributed by atoms with Crippen molar-refractivity contribution in [3.63, 3.8) is 0 Å². The molecule has 0 atom stereocenters. The van der Waals surface area contributed by atoms with Crippen molar-refractivity contribution in [2.45, 2.75) is 0 Å². The molecule has 0 aliphatic heterocycles. The molecule has 3 rings (SSSR count). The summed E-state index contributed by atoms with van der Waals surface area (Å²) in [6.45, 7) is 3.36. The van der Waals surface area contributed by atoms with E-state index in [0.717, 1.165) is 6.08 Å². The second kappa shape index (κ2) is 6.74. The maximum absolute atomic E-state index is 14.1. The predicted octanol–water partition coefficient (Wildman–Crippen LogP) is 3.73. The van der Waals surface area contributed by atoms with E-state index in [4.69, 9.17) is 11.6 Å². The van der Waals surface area contributed by atoms with Crippen LogP contribution in [-0.2, 0) is 4.79 Å². The van der Waals surface area contributed by atoms with E-state index in [1.54, 1.807) is 18.2 Å². The molecular weight excluding hydrogens is 347 g/mol. The predicted molar refractivity (Wildman–Crippen MR) is 94.3 cm³/mol. The molecule has 0 saturated carbocycles. The van der Waals surface area contributed by atoms with Gasteiger partial charge in [0.2, 0.25) is 5.91 Å². The van der Waals surface area contributed by atoms with Crippen molar-refractivity contribution >= 4 is 45.7 Å². The number of benzene rings is 2. The highest BCUT2D eigenvalue weighted by atomic mass is 35.5.